The van der Waals surface area contributed by atoms with Gasteiger partial charge in [0.1, 0.15) is 5.69 Å². The zero-order valence-electron chi connectivity index (χ0n) is 15.9. The molecular weight excluding hydrogens is 380 g/mol. The van der Waals surface area contributed by atoms with E-state index in [1.165, 1.54) is 6.07 Å². The van der Waals surface area contributed by atoms with E-state index in [2.05, 4.69) is 15.8 Å². The van der Waals surface area contributed by atoms with Crippen LogP contribution in [0.5, 0.6) is 11.5 Å². The van der Waals surface area contributed by atoms with Gasteiger partial charge in [-0.1, -0.05) is 12.1 Å². The summed E-state index contributed by atoms with van der Waals surface area (Å²) in [4.78, 5) is 10.6. The number of nitro groups is 1. The molecule has 0 saturated carbocycles. The van der Waals surface area contributed by atoms with Crippen LogP contribution in [0.4, 0.5) is 11.4 Å². The van der Waals surface area contributed by atoms with Gasteiger partial charge in [0.15, 0.2) is 16.6 Å². The Hall–Kier alpha value is -3.20. The Labute approximate surface area is 168 Å². The van der Waals surface area contributed by atoms with Gasteiger partial charge in [0.05, 0.1) is 23.8 Å². The van der Waals surface area contributed by atoms with Crippen LogP contribution >= 0.6 is 12.2 Å². The summed E-state index contributed by atoms with van der Waals surface area (Å²) in [6.07, 6.45) is 0. The number of nitrogens with one attached hydrogen (secondary N) is 2. The fraction of sp³-hybridized carbons (Fsp3) is 0.263. The lowest BCUT2D eigenvalue weighted by molar-refractivity contribution is -0.383. The van der Waals surface area contributed by atoms with E-state index >= 15 is 0 Å². The molecule has 0 aliphatic rings. The van der Waals surface area contributed by atoms with E-state index in [0.717, 1.165) is 5.56 Å². The first kappa shape index (κ1) is 21.1. The lowest BCUT2D eigenvalue weighted by Crippen LogP contribution is -2.25. The largest absolute Gasteiger partial charge is 0.490 e. The molecule has 0 heterocycles. The minimum Gasteiger partial charge on any atom is -0.490 e. The molecule has 2 rings (SSSR count). The highest BCUT2D eigenvalue weighted by molar-refractivity contribution is 7.80. The van der Waals surface area contributed by atoms with Gasteiger partial charge in [-0.05, 0) is 57.3 Å². The normalized spacial score (nSPS) is 10.9. The molecule has 0 saturated heterocycles. The number of anilines is 1. The Morgan fingerprint density at radius 2 is 1.82 bits per heavy atom. The van der Waals surface area contributed by atoms with Crippen LogP contribution in [-0.2, 0) is 0 Å². The van der Waals surface area contributed by atoms with Crippen molar-refractivity contribution in [2.75, 3.05) is 18.5 Å². The first-order chi connectivity index (χ1) is 13.5. The molecule has 0 radical (unpaired) electrons. The van der Waals surface area contributed by atoms with Gasteiger partial charge in [-0.25, -0.2) is 0 Å². The summed E-state index contributed by atoms with van der Waals surface area (Å²) in [6.45, 7) is 6.68. The monoisotopic (exact) mass is 402 g/mol. The van der Waals surface area contributed by atoms with Crippen molar-refractivity contribution in [1.82, 2.24) is 5.43 Å². The SMILES string of the molecule is CCOc1ccc(/C(C)=N\NC(=S)Nc2ccccc2[N+](=O)[O-])cc1OCC. The fourth-order valence-electron chi connectivity index (χ4n) is 2.36. The van der Waals surface area contributed by atoms with Crippen molar-refractivity contribution in [2.45, 2.75) is 20.8 Å². The van der Waals surface area contributed by atoms with E-state index in [4.69, 9.17) is 21.7 Å². The maximum absolute atomic E-state index is 11.1. The number of hydrogen-bond donors (Lipinski definition) is 2. The van der Waals surface area contributed by atoms with Gasteiger partial charge >= 0.3 is 0 Å². The van der Waals surface area contributed by atoms with Gasteiger partial charge in [-0.2, -0.15) is 5.10 Å². The third-order valence-electron chi connectivity index (χ3n) is 3.64. The molecule has 0 bridgehead atoms. The highest BCUT2D eigenvalue weighted by atomic mass is 32.1. The molecule has 0 fully saturated rings. The topological polar surface area (TPSA) is 98.0 Å². The molecule has 0 spiro atoms. The second-order valence-corrected chi connectivity index (χ2v) is 5.97. The van der Waals surface area contributed by atoms with Crippen LogP contribution in [0.15, 0.2) is 47.6 Å². The first-order valence-electron chi connectivity index (χ1n) is 8.71. The number of rotatable bonds is 8. The van der Waals surface area contributed by atoms with Crippen LogP contribution in [0.1, 0.15) is 26.3 Å². The van der Waals surface area contributed by atoms with Gasteiger partial charge in [-0.3, -0.25) is 15.5 Å². The Morgan fingerprint density at radius 3 is 2.50 bits per heavy atom. The van der Waals surface area contributed by atoms with Gasteiger partial charge < -0.3 is 14.8 Å². The van der Waals surface area contributed by atoms with Crippen molar-refractivity contribution in [2.24, 2.45) is 5.10 Å². The van der Waals surface area contributed by atoms with Gasteiger partial charge in [0.2, 0.25) is 0 Å². The second kappa shape index (κ2) is 10.2. The summed E-state index contributed by atoms with van der Waals surface area (Å²) >= 11 is 5.18. The molecule has 148 valence electrons. The van der Waals surface area contributed by atoms with E-state index in [-0.39, 0.29) is 16.5 Å². The Balaban J connectivity index is 2.10. The van der Waals surface area contributed by atoms with Gasteiger partial charge in [0, 0.05) is 11.6 Å². The quantitative estimate of drug-likeness (QED) is 0.297. The molecule has 0 aromatic heterocycles. The van der Waals surface area contributed by atoms with Crippen LogP contribution in [0.3, 0.4) is 0 Å². The number of nitrogens with zero attached hydrogens (tertiary/aromatic N) is 2. The molecule has 0 atom stereocenters. The van der Waals surface area contributed by atoms with E-state index in [1.54, 1.807) is 18.2 Å². The smallest absolute Gasteiger partial charge is 0.292 e. The van der Waals surface area contributed by atoms with Crippen molar-refractivity contribution in [3.63, 3.8) is 0 Å². The highest BCUT2D eigenvalue weighted by Crippen LogP contribution is 2.28. The average Bonchev–Trinajstić information content (AvgIpc) is 2.68. The molecular formula is C19H22N4O4S. The highest BCUT2D eigenvalue weighted by Gasteiger charge is 2.13. The molecule has 0 unspecified atom stereocenters. The number of para-hydroxylation sites is 2. The van der Waals surface area contributed by atoms with Crippen molar-refractivity contribution in [3.8, 4) is 11.5 Å². The van der Waals surface area contributed by atoms with Crippen LogP contribution < -0.4 is 20.2 Å². The number of thiocarbonyl (C=S) groups is 1. The third-order valence-corrected chi connectivity index (χ3v) is 3.83. The van der Waals surface area contributed by atoms with Gasteiger partial charge in [-0.15, -0.1) is 0 Å². The number of benzene rings is 2. The average molecular weight is 402 g/mol. The minimum absolute atomic E-state index is 0.0692. The standard InChI is InChI=1S/C19H22N4O4S/c1-4-26-17-11-10-14(12-18(17)27-5-2)13(3)21-22-19(28)20-15-8-6-7-9-16(15)23(24)25/h6-12H,4-5H2,1-3H3,(H2,20,22,28)/b21-13-. The lowest BCUT2D eigenvalue weighted by atomic mass is 10.1. The summed E-state index contributed by atoms with van der Waals surface area (Å²) < 4.78 is 11.2. The zero-order valence-corrected chi connectivity index (χ0v) is 16.7. The molecule has 9 heteroatoms. The van der Waals surface area contributed by atoms with Crippen LogP contribution in [0, 0.1) is 10.1 Å². The number of hydrazone groups is 1. The fourth-order valence-corrected chi connectivity index (χ4v) is 2.52. The van der Waals surface area contributed by atoms with Crippen LogP contribution in [0.25, 0.3) is 0 Å². The molecule has 2 aromatic rings. The second-order valence-electron chi connectivity index (χ2n) is 5.56. The molecule has 28 heavy (non-hydrogen) atoms. The Bertz CT molecular complexity index is 886. The van der Waals surface area contributed by atoms with E-state index in [1.807, 2.05) is 39.0 Å². The summed E-state index contributed by atoms with van der Waals surface area (Å²) in [5, 5.41) is 18.2. The van der Waals surface area contributed by atoms with Gasteiger partial charge in [0.25, 0.3) is 5.69 Å². The third kappa shape index (κ3) is 5.65. The minimum atomic E-state index is -0.478. The predicted molar refractivity (Wildman–Crippen MR) is 113 cm³/mol. The zero-order chi connectivity index (χ0) is 20.5. The van der Waals surface area contributed by atoms with Crippen molar-refractivity contribution < 1.29 is 14.4 Å². The Morgan fingerprint density at radius 1 is 1.14 bits per heavy atom. The molecule has 8 nitrogen and oxygen atoms in total. The summed E-state index contributed by atoms with van der Waals surface area (Å²) in [5.74, 6) is 1.31. The molecule has 2 N–H and O–H groups in total. The van der Waals surface area contributed by atoms with E-state index in [0.29, 0.717) is 30.4 Å². The predicted octanol–water partition coefficient (Wildman–Crippen LogP) is 4.10. The van der Waals surface area contributed by atoms with Crippen molar-refractivity contribution in [1.29, 1.82) is 0 Å². The van der Waals surface area contributed by atoms with Crippen molar-refractivity contribution >= 4 is 34.4 Å². The van der Waals surface area contributed by atoms with Crippen molar-refractivity contribution in [3.05, 3.63) is 58.1 Å². The van der Waals surface area contributed by atoms with E-state index < -0.39 is 4.92 Å². The lowest BCUT2D eigenvalue weighted by Gasteiger charge is -2.12. The summed E-state index contributed by atoms with van der Waals surface area (Å²) in [7, 11) is 0. The summed E-state index contributed by atoms with van der Waals surface area (Å²) in [6, 6.07) is 11.8. The maximum atomic E-state index is 11.1. The molecule has 0 aliphatic heterocycles. The van der Waals surface area contributed by atoms with Crippen LogP contribution in [-0.4, -0.2) is 29.0 Å². The number of ether oxygens (including phenoxy) is 2. The number of nitro benzene ring substituents is 1. The van der Waals surface area contributed by atoms with E-state index in [9.17, 15) is 10.1 Å². The molecule has 0 amide bonds. The molecule has 0 aliphatic carbocycles. The Kier molecular flexibility index (Phi) is 7.70. The van der Waals surface area contributed by atoms with Crippen LogP contribution in [0.2, 0.25) is 0 Å². The first-order valence-corrected chi connectivity index (χ1v) is 9.11. The maximum Gasteiger partial charge on any atom is 0.292 e. The molecule has 2 aromatic carbocycles. The summed E-state index contributed by atoms with van der Waals surface area (Å²) in [5.41, 5.74) is 4.41. The number of hydrogen-bond acceptors (Lipinski definition) is 6.